The van der Waals surface area contributed by atoms with Crippen molar-refractivity contribution in [2.45, 2.75) is 50.7 Å². The summed E-state index contributed by atoms with van der Waals surface area (Å²) in [5.41, 5.74) is 2.16. The van der Waals surface area contributed by atoms with Gasteiger partial charge in [-0.05, 0) is 55.4 Å². The van der Waals surface area contributed by atoms with Crippen LogP contribution in [0.25, 0.3) is 0 Å². The summed E-state index contributed by atoms with van der Waals surface area (Å²) in [6, 6.07) is 18.2. The maximum atomic E-state index is 12.2. The zero-order valence-electron chi connectivity index (χ0n) is 18.3. The Kier molecular flexibility index (Phi) is 7.60. The molecule has 0 bridgehead atoms. The monoisotopic (exact) mass is 422 g/mol. The van der Waals surface area contributed by atoms with E-state index in [0.29, 0.717) is 11.9 Å². The van der Waals surface area contributed by atoms with Crippen molar-refractivity contribution in [3.05, 3.63) is 65.7 Å². The highest BCUT2D eigenvalue weighted by Gasteiger charge is 2.29. The molecule has 0 aliphatic carbocycles. The highest BCUT2D eigenvalue weighted by molar-refractivity contribution is 5.77. The lowest BCUT2D eigenvalue weighted by Crippen LogP contribution is -2.49. The van der Waals surface area contributed by atoms with Gasteiger partial charge in [-0.1, -0.05) is 42.5 Å². The van der Waals surface area contributed by atoms with Crippen LogP contribution in [0, 0.1) is 0 Å². The third-order valence-electron chi connectivity index (χ3n) is 6.59. The molecule has 31 heavy (non-hydrogen) atoms. The molecule has 2 fully saturated rings. The number of amides is 1. The summed E-state index contributed by atoms with van der Waals surface area (Å²) in [5.74, 6) is 1.15. The molecule has 0 spiro atoms. The Morgan fingerprint density at radius 3 is 2.42 bits per heavy atom. The quantitative estimate of drug-likeness (QED) is 0.703. The van der Waals surface area contributed by atoms with Crippen molar-refractivity contribution in [3.8, 4) is 5.75 Å². The van der Waals surface area contributed by atoms with Gasteiger partial charge in [0.15, 0.2) is 0 Å². The normalized spacial score (nSPS) is 19.4. The van der Waals surface area contributed by atoms with Crippen LogP contribution in [0.4, 0.5) is 0 Å². The van der Waals surface area contributed by atoms with Gasteiger partial charge < -0.3 is 19.6 Å². The summed E-state index contributed by atoms with van der Waals surface area (Å²) < 4.78 is 5.76. The van der Waals surface area contributed by atoms with Gasteiger partial charge in [0, 0.05) is 38.6 Å². The highest BCUT2D eigenvalue weighted by atomic mass is 16.5. The van der Waals surface area contributed by atoms with Crippen molar-refractivity contribution >= 4 is 5.91 Å². The molecule has 166 valence electrons. The lowest BCUT2D eigenvalue weighted by atomic mass is 9.99. The number of aliphatic hydroxyl groups is 1. The Bertz CT molecular complexity index is 816. The first-order valence-corrected chi connectivity index (χ1v) is 11.7. The van der Waals surface area contributed by atoms with Gasteiger partial charge in [-0.3, -0.25) is 4.79 Å². The van der Waals surface area contributed by atoms with Crippen molar-refractivity contribution in [2.24, 2.45) is 0 Å². The standard InChI is InChI=1S/C26H34N2O3/c29-25(22-6-2-1-3-7-22)20-31-24-11-9-21(10-12-24)13-17-27-18-14-23(15-19-27)28-16-5-4-8-26(28)30/h1-3,6-7,9-12,23,25,29H,4-5,8,13-20H2. The third-order valence-corrected chi connectivity index (χ3v) is 6.59. The van der Waals surface area contributed by atoms with E-state index in [1.165, 1.54) is 5.56 Å². The number of piperidine rings is 2. The summed E-state index contributed by atoms with van der Waals surface area (Å²) >= 11 is 0. The Morgan fingerprint density at radius 1 is 0.968 bits per heavy atom. The van der Waals surface area contributed by atoms with Crippen molar-refractivity contribution in [1.29, 1.82) is 0 Å². The number of rotatable bonds is 8. The topological polar surface area (TPSA) is 53.0 Å². The largest absolute Gasteiger partial charge is 0.491 e. The number of likely N-dealkylation sites (tertiary alicyclic amines) is 2. The second kappa shape index (κ2) is 10.8. The van der Waals surface area contributed by atoms with E-state index in [4.69, 9.17) is 4.74 Å². The number of benzene rings is 2. The second-order valence-corrected chi connectivity index (χ2v) is 8.75. The van der Waals surface area contributed by atoms with Crippen LogP contribution in [-0.2, 0) is 11.2 Å². The lowest BCUT2D eigenvalue weighted by molar-refractivity contribution is -0.136. The van der Waals surface area contributed by atoms with E-state index >= 15 is 0 Å². The van der Waals surface area contributed by atoms with Crippen molar-refractivity contribution in [1.82, 2.24) is 9.80 Å². The van der Waals surface area contributed by atoms with Crippen molar-refractivity contribution in [3.63, 3.8) is 0 Å². The summed E-state index contributed by atoms with van der Waals surface area (Å²) in [6.45, 7) is 4.41. The molecule has 2 aliphatic heterocycles. The lowest BCUT2D eigenvalue weighted by Gasteiger charge is -2.40. The molecule has 1 amide bonds. The van der Waals surface area contributed by atoms with Crippen LogP contribution < -0.4 is 4.74 Å². The van der Waals surface area contributed by atoms with Gasteiger partial charge >= 0.3 is 0 Å². The molecule has 0 saturated carbocycles. The molecule has 2 aromatic carbocycles. The fourth-order valence-electron chi connectivity index (χ4n) is 4.65. The van der Waals surface area contributed by atoms with Crippen molar-refractivity contribution in [2.75, 3.05) is 32.8 Å². The average molecular weight is 423 g/mol. The molecular formula is C26H34N2O3. The smallest absolute Gasteiger partial charge is 0.222 e. The zero-order chi connectivity index (χ0) is 21.5. The molecule has 0 aromatic heterocycles. The van der Waals surface area contributed by atoms with E-state index in [2.05, 4.69) is 21.9 Å². The molecule has 4 rings (SSSR count). The minimum atomic E-state index is -0.621. The average Bonchev–Trinajstić information content (AvgIpc) is 2.83. The maximum absolute atomic E-state index is 12.2. The SMILES string of the molecule is O=C1CCCCN1C1CCN(CCc2ccc(OCC(O)c3ccccc3)cc2)CC1. The molecule has 5 heteroatoms. The van der Waals surface area contributed by atoms with Crippen LogP contribution in [0.1, 0.15) is 49.3 Å². The number of hydrogen-bond acceptors (Lipinski definition) is 4. The maximum Gasteiger partial charge on any atom is 0.222 e. The van der Waals surface area contributed by atoms with Gasteiger partial charge in [0.1, 0.15) is 18.5 Å². The van der Waals surface area contributed by atoms with E-state index in [0.717, 1.165) is 76.0 Å². The number of hydrogen-bond donors (Lipinski definition) is 1. The van der Waals surface area contributed by atoms with Gasteiger partial charge in [-0.15, -0.1) is 0 Å². The summed E-state index contributed by atoms with van der Waals surface area (Å²) in [4.78, 5) is 16.8. The van der Waals surface area contributed by atoms with Crippen LogP contribution in [0.2, 0.25) is 0 Å². The fourth-order valence-corrected chi connectivity index (χ4v) is 4.65. The van der Waals surface area contributed by atoms with E-state index in [9.17, 15) is 9.90 Å². The Labute approximate surface area is 185 Å². The third kappa shape index (κ3) is 6.08. The van der Waals surface area contributed by atoms with Crippen LogP contribution in [0.15, 0.2) is 54.6 Å². The number of carbonyl (C=O) groups is 1. The number of nitrogens with zero attached hydrogens (tertiary/aromatic N) is 2. The van der Waals surface area contributed by atoms with Crippen molar-refractivity contribution < 1.29 is 14.6 Å². The molecule has 5 nitrogen and oxygen atoms in total. The zero-order valence-corrected chi connectivity index (χ0v) is 18.3. The second-order valence-electron chi connectivity index (χ2n) is 8.75. The Hall–Kier alpha value is -2.37. The summed E-state index contributed by atoms with van der Waals surface area (Å²) in [7, 11) is 0. The van der Waals surface area contributed by atoms with Gasteiger partial charge in [-0.25, -0.2) is 0 Å². The van der Waals surface area contributed by atoms with Gasteiger partial charge in [0.2, 0.25) is 5.91 Å². The van der Waals surface area contributed by atoms with E-state index in [1.54, 1.807) is 0 Å². The molecule has 2 aromatic rings. The van der Waals surface area contributed by atoms with E-state index < -0.39 is 6.10 Å². The predicted molar refractivity (Wildman–Crippen MR) is 122 cm³/mol. The van der Waals surface area contributed by atoms with Gasteiger partial charge in [0.25, 0.3) is 0 Å². The van der Waals surface area contributed by atoms with Crippen LogP contribution >= 0.6 is 0 Å². The molecule has 1 atom stereocenters. The molecule has 2 heterocycles. The summed E-state index contributed by atoms with van der Waals surface area (Å²) in [6.07, 6.45) is 5.56. The Morgan fingerprint density at radius 2 is 1.71 bits per heavy atom. The molecule has 1 N–H and O–H groups in total. The first-order valence-electron chi connectivity index (χ1n) is 11.7. The van der Waals surface area contributed by atoms with E-state index in [-0.39, 0.29) is 6.61 Å². The fraction of sp³-hybridized carbons (Fsp3) is 0.500. The van der Waals surface area contributed by atoms with E-state index in [1.807, 2.05) is 42.5 Å². The van der Waals surface area contributed by atoms with Gasteiger partial charge in [0.05, 0.1) is 0 Å². The van der Waals surface area contributed by atoms with Crippen LogP contribution in [0.5, 0.6) is 5.75 Å². The summed E-state index contributed by atoms with van der Waals surface area (Å²) in [5, 5.41) is 10.2. The number of carbonyl (C=O) groups excluding carboxylic acids is 1. The molecular weight excluding hydrogens is 388 g/mol. The number of aliphatic hydroxyl groups excluding tert-OH is 1. The molecule has 2 saturated heterocycles. The first kappa shape index (κ1) is 21.8. The molecule has 1 unspecified atom stereocenters. The minimum Gasteiger partial charge on any atom is -0.491 e. The molecule has 0 radical (unpaired) electrons. The first-order chi connectivity index (χ1) is 15.2. The number of ether oxygens (including phenoxy) is 1. The van der Waals surface area contributed by atoms with Crippen LogP contribution in [0.3, 0.4) is 0 Å². The predicted octanol–water partition coefficient (Wildman–Crippen LogP) is 3.82. The minimum absolute atomic E-state index is 0.248. The Balaban J connectivity index is 1.17. The van der Waals surface area contributed by atoms with Gasteiger partial charge in [-0.2, -0.15) is 0 Å². The highest BCUT2D eigenvalue weighted by Crippen LogP contribution is 2.22. The van der Waals surface area contributed by atoms with Crippen LogP contribution in [-0.4, -0.2) is 59.6 Å². The molecule has 2 aliphatic rings.